The summed E-state index contributed by atoms with van der Waals surface area (Å²) in [6.45, 7) is 6.16. The zero-order chi connectivity index (χ0) is 19.3. The van der Waals surface area contributed by atoms with Crippen LogP contribution in [0.5, 0.6) is 11.5 Å². The van der Waals surface area contributed by atoms with E-state index in [1.165, 1.54) is 11.3 Å². The Kier molecular flexibility index (Phi) is 6.27. The first-order valence-corrected chi connectivity index (χ1v) is 9.21. The van der Waals surface area contributed by atoms with Crippen LogP contribution in [-0.2, 0) is 16.6 Å². The minimum absolute atomic E-state index is 0.112. The Labute approximate surface area is 158 Å². The Morgan fingerprint density at radius 1 is 1.23 bits per heavy atom. The summed E-state index contributed by atoms with van der Waals surface area (Å²) in [5.74, 6) is 1.19. The lowest BCUT2D eigenvalue weighted by molar-refractivity contribution is -0.116. The lowest BCUT2D eigenvalue weighted by atomic mass is 9.86. The van der Waals surface area contributed by atoms with Gasteiger partial charge < -0.3 is 14.8 Å². The summed E-state index contributed by atoms with van der Waals surface area (Å²) in [5, 5.41) is 14.9. The number of ether oxygens (including phenoxy) is 2. The highest BCUT2D eigenvalue weighted by Crippen LogP contribution is 2.35. The molecular formula is C20H24N2O3S. The molecule has 1 aromatic heterocycles. The number of carbonyl (C=O) groups is 1. The standard InChI is InChI=1S/C20H24N2O3S/c1-20(2,3)15-12-26-19(14(15)11-21)22-18(23)9-7-13-6-8-16(24-4)17(10-13)25-5/h6,8,10,12H,7,9H2,1-5H3,(H,22,23). The largest absolute Gasteiger partial charge is 0.493 e. The molecule has 1 amide bonds. The number of aryl methyl sites for hydroxylation is 1. The molecule has 2 rings (SSSR count). The van der Waals surface area contributed by atoms with Gasteiger partial charge >= 0.3 is 0 Å². The van der Waals surface area contributed by atoms with E-state index in [1.54, 1.807) is 14.2 Å². The van der Waals surface area contributed by atoms with E-state index in [1.807, 2.05) is 23.6 Å². The number of carbonyl (C=O) groups excluding carboxylic acids is 1. The zero-order valence-electron chi connectivity index (χ0n) is 15.8. The number of rotatable bonds is 6. The van der Waals surface area contributed by atoms with Gasteiger partial charge in [-0.05, 0) is 40.5 Å². The molecule has 5 nitrogen and oxygen atoms in total. The fourth-order valence-corrected chi connectivity index (χ4v) is 3.75. The molecule has 1 aromatic carbocycles. The molecule has 0 saturated heterocycles. The number of hydrogen-bond acceptors (Lipinski definition) is 5. The lowest BCUT2D eigenvalue weighted by Crippen LogP contribution is -2.14. The highest BCUT2D eigenvalue weighted by atomic mass is 32.1. The number of nitrogens with zero attached hydrogens (tertiary/aromatic N) is 1. The van der Waals surface area contributed by atoms with Gasteiger partial charge in [0.15, 0.2) is 11.5 Å². The molecule has 26 heavy (non-hydrogen) atoms. The first-order chi connectivity index (χ1) is 12.3. The monoisotopic (exact) mass is 372 g/mol. The molecule has 138 valence electrons. The fourth-order valence-electron chi connectivity index (χ4n) is 2.60. The SMILES string of the molecule is COc1ccc(CCC(=O)Nc2scc(C(C)(C)C)c2C#N)cc1OC. The van der Waals surface area contributed by atoms with Gasteiger partial charge in [-0.1, -0.05) is 26.8 Å². The van der Waals surface area contributed by atoms with Gasteiger partial charge in [0, 0.05) is 6.42 Å². The smallest absolute Gasteiger partial charge is 0.225 e. The minimum atomic E-state index is -0.135. The van der Waals surface area contributed by atoms with Crippen molar-refractivity contribution in [3.63, 3.8) is 0 Å². The van der Waals surface area contributed by atoms with E-state index in [-0.39, 0.29) is 11.3 Å². The maximum absolute atomic E-state index is 12.3. The molecule has 0 fully saturated rings. The molecule has 0 radical (unpaired) electrons. The second-order valence-corrected chi connectivity index (χ2v) is 7.83. The molecule has 0 aliphatic heterocycles. The topological polar surface area (TPSA) is 71.3 Å². The maximum Gasteiger partial charge on any atom is 0.225 e. The van der Waals surface area contributed by atoms with E-state index in [4.69, 9.17) is 9.47 Å². The summed E-state index contributed by atoms with van der Waals surface area (Å²) in [4.78, 5) is 12.3. The number of hydrogen-bond donors (Lipinski definition) is 1. The van der Waals surface area contributed by atoms with Crippen molar-refractivity contribution >= 4 is 22.2 Å². The molecule has 0 unspecified atom stereocenters. The third-order valence-corrected chi connectivity index (χ3v) is 4.95. The Bertz CT molecular complexity index is 829. The van der Waals surface area contributed by atoms with Gasteiger partial charge in [0.05, 0.1) is 19.8 Å². The predicted molar refractivity (Wildman–Crippen MR) is 104 cm³/mol. The predicted octanol–water partition coefficient (Wildman–Crippen LogP) is 4.51. The number of thiophene rings is 1. The van der Waals surface area contributed by atoms with Crippen molar-refractivity contribution in [3.05, 3.63) is 40.3 Å². The minimum Gasteiger partial charge on any atom is -0.493 e. The van der Waals surface area contributed by atoms with Crippen molar-refractivity contribution in [2.24, 2.45) is 0 Å². The van der Waals surface area contributed by atoms with E-state index < -0.39 is 0 Å². The molecule has 1 heterocycles. The van der Waals surface area contributed by atoms with Crippen LogP contribution in [0.2, 0.25) is 0 Å². The number of methoxy groups -OCH3 is 2. The van der Waals surface area contributed by atoms with Gasteiger partial charge in [0.2, 0.25) is 5.91 Å². The first kappa shape index (κ1) is 19.8. The quantitative estimate of drug-likeness (QED) is 0.810. The summed E-state index contributed by atoms with van der Waals surface area (Å²) < 4.78 is 10.5. The van der Waals surface area contributed by atoms with E-state index >= 15 is 0 Å². The van der Waals surface area contributed by atoms with Crippen molar-refractivity contribution in [1.82, 2.24) is 0 Å². The van der Waals surface area contributed by atoms with Gasteiger partial charge in [-0.15, -0.1) is 11.3 Å². The van der Waals surface area contributed by atoms with Gasteiger partial charge in [-0.25, -0.2) is 0 Å². The molecule has 1 N–H and O–H groups in total. The second kappa shape index (κ2) is 8.24. The van der Waals surface area contributed by atoms with Gasteiger partial charge in [-0.3, -0.25) is 4.79 Å². The van der Waals surface area contributed by atoms with Crippen LogP contribution in [0.4, 0.5) is 5.00 Å². The van der Waals surface area contributed by atoms with Gasteiger partial charge in [0.25, 0.3) is 0 Å². The van der Waals surface area contributed by atoms with Crippen LogP contribution in [0.15, 0.2) is 23.6 Å². The highest BCUT2D eigenvalue weighted by Gasteiger charge is 2.23. The second-order valence-electron chi connectivity index (χ2n) is 6.95. The molecule has 0 aliphatic rings. The number of nitrogens with one attached hydrogen (secondary N) is 1. The van der Waals surface area contributed by atoms with Crippen molar-refractivity contribution in [2.45, 2.75) is 39.0 Å². The Balaban J connectivity index is 2.04. The molecule has 0 atom stereocenters. The molecule has 0 bridgehead atoms. The zero-order valence-corrected chi connectivity index (χ0v) is 16.6. The summed E-state index contributed by atoms with van der Waals surface area (Å²) in [5.41, 5.74) is 2.37. The average Bonchev–Trinajstić information content (AvgIpc) is 3.02. The van der Waals surface area contributed by atoms with Crippen molar-refractivity contribution < 1.29 is 14.3 Å². The van der Waals surface area contributed by atoms with Crippen molar-refractivity contribution in [1.29, 1.82) is 5.26 Å². The lowest BCUT2D eigenvalue weighted by Gasteiger charge is -2.17. The van der Waals surface area contributed by atoms with E-state index in [0.29, 0.717) is 34.9 Å². The van der Waals surface area contributed by atoms with Crippen LogP contribution in [0.3, 0.4) is 0 Å². The van der Waals surface area contributed by atoms with Crippen LogP contribution >= 0.6 is 11.3 Å². The summed E-state index contributed by atoms with van der Waals surface area (Å²) in [7, 11) is 3.17. The third-order valence-electron chi connectivity index (χ3n) is 4.05. The molecule has 6 heteroatoms. The highest BCUT2D eigenvalue weighted by molar-refractivity contribution is 7.14. The fraction of sp³-hybridized carbons (Fsp3) is 0.400. The molecule has 2 aromatic rings. The van der Waals surface area contributed by atoms with Crippen molar-refractivity contribution in [2.75, 3.05) is 19.5 Å². The number of nitriles is 1. The Hall–Kier alpha value is -2.52. The third kappa shape index (κ3) is 4.55. The molecule has 0 saturated carbocycles. The maximum atomic E-state index is 12.3. The van der Waals surface area contributed by atoms with Crippen LogP contribution in [-0.4, -0.2) is 20.1 Å². The summed E-state index contributed by atoms with van der Waals surface area (Å²) in [6.07, 6.45) is 0.898. The van der Waals surface area contributed by atoms with E-state index in [9.17, 15) is 10.1 Å². The average molecular weight is 372 g/mol. The van der Waals surface area contributed by atoms with Crippen LogP contribution < -0.4 is 14.8 Å². The number of amides is 1. The van der Waals surface area contributed by atoms with Gasteiger partial charge in [0.1, 0.15) is 11.1 Å². The van der Waals surface area contributed by atoms with Crippen LogP contribution in [0.1, 0.15) is 43.9 Å². The number of anilines is 1. The van der Waals surface area contributed by atoms with E-state index in [2.05, 4.69) is 32.2 Å². The number of benzene rings is 1. The summed E-state index contributed by atoms with van der Waals surface area (Å²) in [6, 6.07) is 7.84. The first-order valence-electron chi connectivity index (χ1n) is 8.33. The normalized spacial score (nSPS) is 10.9. The van der Waals surface area contributed by atoms with Crippen LogP contribution in [0.25, 0.3) is 0 Å². The Morgan fingerprint density at radius 2 is 1.92 bits per heavy atom. The molecular weight excluding hydrogens is 348 g/mol. The summed E-state index contributed by atoms with van der Waals surface area (Å²) >= 11 is 1.40. The van der Waals surface area contributed by atoms with Gasteiger partial charge in [-0.2, -0.15) is 5.26 Å². The Morgan fingerprint density at radius 3 is 2.50 bits per heavy atom. The van der Waals surface area contributed by atoms with Crippen LogP contribution in [0, 0.1) is 11.3 Å². The van der Waals surface area contributed by atoms with Crippen molar-refractivity contribution in [3.8, 4) is 17.6 Å². The van der Waals surface area contributed by atoms with E-state index in [0.717, 1.165) is 11.1 Å². The molecule has 0 spiro atoms. The molecule has 0 aliphatic carbocycles.